The van der Waals surface area contributed by atoms with Crippen LogP contribution in [0.1, 0.15) is 0 Å². The van der Waals surface area contributed by atoms with Gasteiger partial charge in [0.2, 0.25) is 0 Å². The van der Waals surface area contributed by atoms with E-state index in [0.717, 1.165) is 0 Å². The Morgan fingerprint density at radius 3 is 0.333 bits per heavy atom. The summed E-state index contributed by atoms with van der Waals surface area (Å²) in [5.41, 5.74) is 0. The van der Waals surface area contributed by atoms with Gasteiger partial charge in [-0.1, -0.05) is 0 Å². The van der Waals surface area contributed by atoms with Crippen molar-refractivity contribution >= 4 is 53.5 Å². The maximum atomic E-state index is 0. The van der Waals surface area contributed by atoms with Gasteiger partial charge in [0.25, 0.3) is 0 Å². The molecule has 0 spiro atoms. The van der Waals surface area contributed by atoms with Gasteiger partial charge in [0.15, 0.2) is 0 Å². The Balaban J connectivity index is 0. The summed E-state index contributed by atoms with van der Waals surface area (Å²) < 4.78 is 0. The summed E-state index contributed by atoms with van der Waals surface area (Å²) in [6, 6.07) is 0. The van der Waals surface area contributed by atoms with Crippen molar-refractivity contribution < 1.29 is 38.3 Å². The molecular formula is H17NaO7Sn. The third-order valence-corrected chi connectivity index (χ3v) is 0. The molecule has 9 heavy (non-hydrogen) atoms. The van der Waals surface area contributed by atoms with Crippen LogP contribution in [0.25, 0.3) is 0 Å². The Kier molecular flexibility index (Phi) is 13800. The van der Waals surface area contributed by atoms with Gasteiger partial charge in [0, 0.05) is 0 Å². The number of rotatable bonds is 0. The SMILES string of the molecule is O.O.O.O.O.O.O.[NaH].[SnH2]. The third kappa shape index (κ3) is 233. The van der Waals surface area contributed by atoms with E-state index in [1.807, 2.05) is 0 Å². The fraction of sp³-hybridized carbons (Fsp3) is 0. The molecule has 0 rings (SSSR count). The molecule has 9 heteroatoms. The van der Waals surface area contributed by atoms with Crippen LogP contribution in [0.3, 0.4) is 0 Å². The Bertz CT molecular complexity index is 8.88. The molecule has 0 heterocycles. The summed E-state index contributed by atoms with van der Waals surface area (Å²) in [5, 5.41) is 0. The van der Waals surface area contributed by atoms with E-state index < -0.39 is 0 Å². The first-order valence-corrected chi connectivity index (χ1v) is 0. The van der Waals surface area contributed by atoms with E-state index in [1.165, 1.54) is 0 Å². The summed E-state index contributed by atoms with van der Waals surface area (Å²) in [6.45, 7) is 0. The van der Waals surface area contributed by atoms with E-state index in [-0.39, 0.29) is 91.8 Å². The van der Waals surface area contributed by atoms with Crippen LogP contribution in [0.5, 0.6) is 0 Å². The molecule has 64 valence electrons. The second kappa shape index (κ2) is 299. The van der Waals surface area contributed by atoms with Crippen molar-refractivity contribution in [2.45, 2.75) is 0 Å². The zero-order chi connectivity index (χ0) is 0. The van der Waals surface area contributed by atoms with Gasteiger partial charge in [-0.2, -0.15) is 0 Å². The van der Waals surface area contributed by atoms with Crippen LogP contribution >= 0.6 is 0 Å². The first kappa shape index (κ1) is 413. The molecule has 14 N–H and O–H groups in total. The fourth-order valence-corrected chi connectivity index (χ4v) is 0. The van der Waals surface area contributed by atoms with Gasteiger partial charge in [0.1, 0.15) is 0 Å². The van der Waals surface area contributed by atoms with Gasteiger partial charge in [-0.25, -0.2) is 0 Å². The second-order valence-electron chi connectivity index (χ2n) is 0. The summed E-state index contributed by atoms with van der Waals surface area (Å²) in [7, 11) is 0. The van der Waals surface area contributed by atoms with Crippen LogP contribution in [0.2, 0.25) is 0 Å². The molecule has 0 aromatic carbocycles. The van der Waals surface area contributed by atoms with Gasteiger partial charge in [-0.15, -0.1) is 0 Å². The molecular weight excluding hydrogens is 254 g/mol. The standard InChI is InChI=1S/Na.7H2O.Sn.3H/h;7*1H2;;;;. The summed E-state index contributed by atoms with van der Waals surface area (Å²) in [4.78, 5) is 0. The van der Waals surface area contributed by atoms with Gasteiger partial charge < -0.3 is 38.3 Å². The van der Waals surface area contributed by atoms with E-state index in [0.29, 0.717) is 0 Å². The molecule has 0 aromatic heterocycles. The molecule has 2 radical (unpaired) electrons. The molecule has 0 aliphatic carbocycles. The zero-order valence-corrected chi connectivity index (χ0v) is 8.24. The fourth-order valence-electron chi connectivity index (χ4n) is 0. The minimum absolute atomic E-state index is 0. The van der Waals surface area contributed by atoms with E-state index in [4.69, 9.17) is 0 Å². The van der Waals surface area contributed by atoms with Crippen molar-refractivity contribution in [1.82, 2.24) is 0 Å². The van der Waals surface area contributed by atoms with Crippen LogP contribution in [0.15, 0.2) is 0 Å². The van der Waals surface area contributed by atoms with Crippen molar-refractivity contribution in [2.75, 3.05) is 0 Å². The molecule has 0 bridgehead atoms. The topological polar surface area (TPSA) is 220 Å². The van der Waals surface area contributed by atoms with Crippen molar-refractivity contribution in [2.24, 2.45) is 0 Å². The molecule has 7 nitrogen and oxygen atoms in total. The van der Waals surface area contributed by atoms with Crippen LogP contribution in [0, 0.1) is 0 Å². The third-order valence-electron chi connectivity index (χ3n) is 0. The molecule has 0 atom stereocenters. The quantitative estimate of drug-likeness (QED) is 0.374. The molecule has 0 amide bonds. The van der Waals surface area contributed by atoms with E-state index in [9.17, 15) is 0 Å². The van der Waals surface area contributed by atoms with E-state index in [1.54, 1.807) is 0 Å². The monoisotopic (exact) mass is 272 g/mol. The van der Waals surface area contributed by atoms with Crippen LogP contribution in [-0.2, 0) is 0 Å². The van der Waals surface area contributed by atoms with Crippen LogP contribution in [0.4, 0.5) is 0 Å². The second-order valence-corrected chi connectivity index (χ2v) is 0. The Hall–Kier alpha value is 1.52. The van der Waals surface area contributed by atoms with Crippen LogP contribution < -0.4 is 0 Å². The van der Waals surface area contributed by atoms with Crippen molar-refractivity contribution in [1.29, 1.82) is 0 Å². The average Bonchev–Trinajstić information content (AvgIpc) is 0. The Labute approximate surface area is 91.2 Å². The molecule has 0 saturated heterocycles. The molecule has 0 unspecified atom stereocenters. The number of hydrogen-bond acceptors (Lipinski definition) is 0. The van der Waals surface area contributed by atoms with E-state index >= 15 is 0 Å². The molecule has 0 fully saturated rings. The predicted molar refractivity (Wildman–Crippen MR) is 41.0 cm³/mol. The molecule has 0 aliphatic rings. The van der Waals surface area contributed by atoms with Crippen molar-refractivity contribution in [3.63, 3.8) is 0 Å². The first-order chi connectivity index (χ1) is 0. The summed E-state index contributed by atoms with van der Waals surface area (Å²) >= 11 is 0. The van der Waals surface area contributed by atoms with E-state index in [2.05, 4.69) is 0 Å². The Morgan fingerprint density at radius 1 is 0.333 bits per heavy atom. The Morgan fingerprint density at radius 2 is 0.333 bits per heavy atom. The van der Waals surface area contributed by atoms with Crippen LogP contribution in [-0.4, -0.2) is 91.8 Å². The average molecular weight is 271 g/mol. The summed E-state index contributed by atoms with van der Waals surface area (Å²) in [6.07, 6.45) is 0. The number of hydrogen-bond donors (Lipinski definition) is 0. The summed E-state index contributed by atoms with van der Waals surface area (Å²) in [5.74, 6) is 0. The van der Waals surface area contributed by atoms with Crippen molar-refractivity contribution in [3.8, 4) is 0 Å². The van der Waals surface area contributed by atoms with Gasteiger partial charge in [-0.05, 0) is 0 Å². The van der Waals surface area contributed by atoms with Crippen molar-refractivity contribution in [3.05, 3.63) is 0 Å². The van der Waals surface area contributed by atoms with Gasteiger partial charge >= 0.3 is 53.5 Å². The normalized spacial score (nSPS) is 0. The van der Waals surface area contributed by atoms with Gasteiger partial charge in [-0.3, -0.25) is 0 Å². The zero-order valence-electron chi connectivity index (χ0n) is 4.21. The molecule has 0 aliphatic heterocycles. The minimum atomic E-state index is 0. The molecule has 0 saturated carbocycles. The molecule has 0 aromatic rings. The maximum absolute atomic E-state index is 0. The predicted octanol–water partition coefficient (Wildman–Crippen LogP) is -7.34. The van der Waals surface area contributed by atoms with Gasteiger partial charge in [0.05, 0.1) is 0 Å². The first-order valence-electron chi connectivity index (χ1n) is 0.